The van der Waals surface area contributed by atoms with Crippen LogP contribution in [-0.4, -0.2) is 55.4 Å². The van der Waals surface area contributed by atoms with Gasteiger partial charge in [0, 0.05) is 24.4 Å². The molecule has 0 saturated heterocycles. The van der Waals surface area contributed by atoms with Gasteiger partial charge in [-0.25, -0.2) is 8.78 Å². The zero-order valence-electron chi connectivity index (χ0n) is 23.1. The molecule has 12 heteroatoms. The molecule has 2 aromatic rings. The lowest BCUT2D eigenvalue weighted by Gasteiger charge is -2.34. The Bertz CT molecular complexity index is 1230. The molecule has 0 spiro atoms. The summed E-state index contributed by atoms with van der Waals surface area (Å²) in [5.41, 5.74) is 13.3. The number of hydrogen-bond donors (Lipinski definition) is 5. The van der Waals surface area contributed by atoms with Gasteiger partial charge in [-0.3, -0.25) is 9.79 Å². The maximum absolute atomic E-state index is 13.9. The molecule has 4 atom stereocenters. The molecular weight excluding hydrogens is 534 g/mol. The van der Waals surface area contributed by atoms with Crippen molar-refractivity contribution in [1.29, 1.82) is 0 Å². The maximum atomic E-state index is 13.9. The van der Waals surface area contributed by atoms with Crippen molar-refractivity contribution in [3.63, 3.8) is 0 Å². The molecule has 41 heavy (non-hydrogen) atoms. The summed E-state index contributed by atoms with van der Waals surface area (Å²) in [7, 11) is 0. The van der Waals surface area contributed by atoms with Gasteiger partial charge in [-0.1, -0.05) is 13.3 Å². The summed E-state index contributed by atoms with van der Waals surface area (Å²) >= 11 is 0. The van der Waals surface area contributed by atoms with Crippen molar-refractivity contribution < 1.29 is 28.2 Å². The SMILES string of the molecule is CCCCN1CCOc2c(C3NC=CO3)cc(C(=O)NC(Cc3cc(F)cc(F)c3)C(O)CCC(N)/N=C\N)cc21. The standard InChI is InChI=1S/C29H38F2N6O4/c1-2-3-7-37-8-10-40-27-22(29-34-6-9-41-29)14-19(15-24(27)37)28(39)36-23(25(38)4-5-26(33)35-17-32)13-18-11-20(30)16-21(31)12-18/h6,9,11-12,14-17,23,25-26,29,34,38H,2-5,7-8,10,13,33H2,1H3,(H2,32,35)(H,36,39). The van der Waals surface area contributed by atoms with Crippen LogP contribution < -0.4 is 31.7 Å². The summed E-state index contributed by atoms with van der Waals surface area (Å²) in [5, 5.41) is 17.1. The van der Waals surface area contributed by atoms with Crippen LogP contribution in [-0.2, 0) is 11.2 Å². The van der Waals surface area contributed by atoms with Crippen LogP contribution >= 0.6 is 0 Å². The molecule has 0 aromatic heterocycles. The van der Waals surface area contributed by atoms with Gasteiger partial charge >= 0.3 is 0 Å². The summed E-state index contributed by atoms with van der Waals surface area (Å²) < 4.78 is 39.6. The second-order valence-corrected chi connectivity index (χ2v) is 10.2. The Morgan fingerprint density at radius 2 is 2.05 bits per heavy atom. The summed E-state index contributed by atoms with van der Waals surface area (Å²) in [6.45, 7) is 4.09. The van der Waals surface area contributed by atoms with Gasteiger partial charge < -0.3 is 41.6 Å². The van der Waals surface area contributed by atoms with E-state index in [1.165, 1.54) is 18.4 Å². The van der Waals surface area contributed by atoms with E-state index >= 15 is 0 Å². The third-order valence-corrected chi connectivity index (χ3v) is 7.10. The summed E-state index contributed by atoms with van der Waals surface area (Å²) in [6.07, 6.45) is 4.45. The molecule has 2 aliphatic heterocycles. The van der Waals surface area contributed by atoms with Gasteiger partial charge in [0.05, 0.1) is 42.4 Å². The zero-order valence-corrected chi connectivity index (χ0v) is 23.1. The van der Waals surface area contributed by atoms with E-state index < -0.39 is 42.1 Å². The molecule has 2 heterocycles. The minimum absolute atomic E-state index is 0.0161. The number of unbranched alkanes of at least 4 members (excludes halogenated alkanes) is 1. The fourth-order valence-electron chi connectivity index (χ4n) is 5.01. The van der Waals surface area contributed by atoms with Crippen LogP contribution in [0.5, 0.6) is 5.75 Å². The number of anilines is 1. The number of rotatable bonds is 13. The minimum Gasteiger partial charge on any atom is -0.489 e. The quantitative estimate of drug-likeness (QED) is 0.182. The van der Waals surface area contributed by atoms with Gasteiger partial charge in [0.1, 0.15) is 24.5 Å². The number of carbonyl (C=O) groups is 1. The van der Waals surface area contributed by atoms with Crippen LogP contribution in [0.15, 0.2) is 47.8 Å². The number of fused-ring (bicyclic) bond motifs is 1. The molecule has 2 aliphatic rings. The average molecular weight is 573 g/mol. The van der Waals surface area contributed by atoms with E-state index in [1.807, 2.05) is 0 Å². The molecule has 10 nitrogen and oxygen atoms in total. The van der Waals surface area contributed by atoms with Crippen LogP contribution in [0, 0.1) is 11.6 Å². The van der Waals surface area contributed by atoms with E-state index in [4.69, 9.17) is 20.9 Å². The second-order valence-electron chi connectivity index (χ2n) is 10.2. The number of aliphatic imine (C=N–C) groups is 1. The highest BCUT2D eigenvalue weighted by Gasteiger charge is 2.30. The van der Waals surface area contributed by atoms with Gasteiger partial charge in [-0.2, -0.15) is 0 Å². The number of aliphatic hydroxyl groups excluding tert-OH is 1. The summed E-state index contributed by atoms with van der Waals surface area (Å²) in [4.78, 5) is 19.8. The van der Waals surface area contributed by atoms with Crippen LogP contribution in [0.1, 0.15) is 60.3 Å². The largest absolute Gasteiger partial charge is 0.489 e. The van der Waals surface area contributed by atoms with Crippen molar-refractivity contribution in [2.75, 3.05) is 24.6 Å². The first kappa shape index (κ1) is 30.1. The Labute approximate surface area is 238 Å². The van der Waals surface area contributed by atoms with E-state index in [2.05, 4.69) is 27.4 Å². The Morgan fingerprint density at radius 3 is 2.73 bits per heavy atom. The molecule has 0 radical (unpaired) electrons. The number of nitrogens with one attached hydrogen (secondary N) is 2. The Kier molecular flexibility index (Phi) is 10.4. The number of nitrogens with two attached hydrogens (primary N) is 2. The number of hydrogen-bond acceptors (Lipinski definition) is 8. The number of aliphatic hydroxyl groups is 1. The number of ether oxygens (including phenoxy) is 2. The first-order chi connectivity index (χ1) is 19.8. The van der Waals surface area contributed by atoms with E-state index in [1.54, 1.807) is 18.3 Å². The highest BCUT2D eigenvalue weighted by Crippen LogP contribution is 2.40. The molecule has 0 aliphatic carbocycles. The van der Waals surface area contributed by atoms with Crippen LogP contribution in [0.2, 0.25) is 0 Å². The smallest absolute Gasteiger partial charge is 0.251 e. The van der Waals surface area contributed by atoms with Crippen molar-refractivity contribution in [2.24, 2.45) is 16.5 Å². The molecule has 4 unspecified atom stereocenters. The van der Waals surface area contributed by atoms with Crippen molar-refractivity contribution in [3.8, 4) is 5.75 Å². The van der Waals surface area contributed by atoms with Crippen molar-refractivity contribution in [2.45, 2.75) is 63.6 Å². The van der Waals surface area contributed by atoms with Crippen molar-refractivity contribution in [3.05, 3.63) is 71.1 Å². The molecule has 7 N–H and O–H groups in total. The number of carbonyl (C=O) groups excluding carboxylic acids is 1. The summed E-state index contributed by atoms with van der Waals surface area (Å²) in [6, 6.07) is 5.70. The van der Waals surface area contributed by atoms with E-state index in [0.717, 1.165) is 37.5 Å². The van der Waals surface area contributed by atoms with Gasteiger partial charge in [0.15, 0.2) is 12.0 Å². The molecule has 0 bridgehead atoms. The van der Waals surface area contributed by atoms with Crippen molar-refractivity contribution >= 4 is 17.9 Å². The third-order valence-electron chi connectivity index (χ3n) is 7.10. The van der Waals surface area contributed by atoms with Crippen LogP contribution in [0.4, 0.5) is 14.5 Å². The van der Waals surface area contributed by atoms with Crippen LogP contribution in [0.25, 0.3) is 0 Å². The molecule has 0 fully saturated rings. The topological polar surface area (TPSA) is 147 Å². The molecule has 4 rings (SSSR count). The zero-order chi connectivity index (χ0) is 29.4. The van der Waals surface area contributed by atoms with Gasteiger partial charge in [0.2, 0.25) is 0 Å². The highest BCUT2D eigenvalue weighted by atomic mass is 19.1. The Hall–Kier alpha value is -3.90. The molecular formula is C29H38F2N6O4. The molecule has 2 aromatic carbocycles. The number of nitrogens with zero attached hydrogens (tertiary/aromatic N) is 2. The van der Waals surface area contributed by atoms with Gasteiger partial charge in [-0.05, 0) is 55.5 Å². The number of benzene rings is 2. The minimum atomic E-state index is -1.09. The highest BCUT2D eigenvalue weighted by molar-refractivity contribution is 5.96. The predicted octanol–water partition coefficient (Wildman–Crippen LogP) is 2.81. The second kappa shape index (κ2) is 14.1. The number of halogens is 2. The van der Waals surface area contributed by atoms with E-state index in [-0.39, 0.29) is 24.8 Å². The lowest BCUT2D eigenvalue weighted by Crippen LogP contribution is -2.45. The van der Waals surface area contributed by atoms with Crippen molar-refractivity contribution in [1.82, 2.24) is 10.6 Å². The Balaban J connectivity index is 1.63. The first-order valence-corrected chi connectivity index (χ1v) is 13.8. The normalized spacial score (nSPS) is 18.3. The Morgan fingerprint density at radius 1 is 1.27 bits per heavy atom. The monoisotopic (exact) mass is 572 g/mol. The van der Waals surface area contributed by atoms with E-state index in [0.29, 0.717) is 30.0 Å². The maximum Gasteiger partial charge on any atom is 0.251 e. The lowest BCUT2D eigenvalue weighted by atomic mass is 9.96. The summed E-state index contributed by atoms with van der Waals surface area (Å²) in [5.74, 6) is -1.32. The fourth-order valence-corrected chi connectivity index (χ4v) is 5.01. The average Bonchev–Trinajstić information content (AvgIpc) is 3.48. The number of amides is 1. The molecule has 0 saturated carbocycles. The van der Waals surface area contributed by atoms with Gasteiger partial charge in [-0.15, -0.1) is 0 Å². The lowest BCUT2D eigenvalue weighted by molar-refractivity contribution is 0.0804. The fraction of sp³-hybridized carbons (Fsp3) is 0.448. The third kappa shape index (κ3) is 7.86. The van der Waals surface area contributed by atoms with Gasteiger partial charge in [0.25, 0.3) is 5.91 Å². The first-order valence-electron chi connectivity index (χ1n) is 13.8. The van der Waals surface area contributed by atoms with Crippen LogP contribution in [0.3, 0.4) is 0 Å². The molecule has 222 valence electrons. The predicted molar refractivity (Wildman–Crippen MR) is 152 cm³/mol. The van der Waals surface area contributed by atoms with E-state index in [9.17, 15) is 18.7 Å². The molecule has 1 amide bonds.